The van der Waals surface area contributed by atoms with Gasteiger partial charge >= 0.3 is 0 Å². The van der Waals surface area contributed by atoms with Crippen molar-refractivity contribution >= 4 is 22.4 Å². The van der Waals surface area contributed by atoms with E-state index < -0.39 is 0 Å². The van der Waals surface area contributed by atoms with Crippen LogP contribution in [0.25, 0.3) is 32.2 Å². The van der Waals surface area contributed by atoms with E-state index in [1.54, 1.807) is 11.3 Å². The largest absolute Gasteiger partial charge is 0.337 e. The summed E-state index contributed by atoms with van der Waals surface area (Å²) in [5, 5.41) is 6.57. The molecule has 4 aromatic rings. The topological polar surface area (TPSA) is 52.7 Å². The van der Waals surface area contributed by atoms with E-state index in [1.807, 2.05) is 25.2 Å². The van der Waals surface area contributed by atoms with Gasteiger partial charge in [-0.15, -0.1) is 11.3 Å². The molecule has 0 fully saturated rings. The van der Waals surface area contributed by atoms with Gasteiger partial charge in [-0.1, -0.05) is 36.4 Å². The Morgan fingerprint density at radius 3 is 2.54 bits per heavy atom. The molecule has 0 radical (unpaired) electrons. The van der Waals surface area contributed by atoms with Gasteiger partial charge in [0, 0.05) is 24.5 Å². The molecule has 26 heavy (non-hydrogen) atoms. The number of nitrogens with zero attached hydrogens (tertiary/aromatic N) is 1. The van der Waals surface area contributed by atoms with Crippen molar-refractivity contribution in [1.82, 2.24) is 20.6 Å². The summed E-state index contributed by atoms with van der Waals surface area (Å²) >= 11 is 1.77. The van der Waals surface area contributed by atoms with E-state index >= 15 is 0 Å². The quantitative estimate of drug-likeness (QED) is 0.430. The molecule has 0 bridgehead atoms. The summed E-state index contributed by atoms with van der Waals surface area (Å²) in [6.07, 6.45) is 0. The highest BCUT2D eigenvalue weighted by Crippen LogP contribution is 2.34. The number of rotatable bonds is 7. The number of hydrogen-bond donors (Lipinski definition) is 3. The van der Waals surface area contributed by atoms with Gasteiger partial charge in [-0.2, -0.15) is 0 Å². The summed E-state index contributed by atoms with van der Waals surface area (Å²) in [5.41, 5.74) is 4.63. The van der Waals surface area contributed by atoms with Crippen LogP contribution in [0.3, 0.4) is 0 Å². The standard InChI is InChI=1S/C21H22N4S/c1-22-12-13-23-14-15-6-8-16(9-7-15)19-10-11-20(26-19)21-24-17-4-2-3-5-18(17)25-21/h2-11,22-23H,12-14H2,1H3,(H,24,25). The van der Waals surface area contributed by atoms with E-state index in [0.717, 1.165) is 41.4 Å². The molecule has 0 atom stereocenters. The fraction of sp³-hybridized carbons (Fsp3) is 0.190. The van der Waals surface area contributed by atoms with Crippen LogP contribution < -0.4 is 10.6 Å². The molecule has 5 heteroatoms. The van der Waals surface area contributed by atoms with Crippen LogP contribution in [-0.4, -0.2) is 30.1 Å². The van der Waals surface area contributed by atoms with E-state index in [1.165, 1.54) is 16.0 Å². The Kier molecular flexibility index (Phi) is 5.11. The summed E-state index contributed by atoms with van der Waals surface area (Å²) in [6, 6.07) is 21.2. The van der Waals surface area contributed by atoms with Gasteiger partial charge in [0.05, 0.1) is 15.9 Å². The van der Waals surface area contributed by atoms with Crippen LogP contribution in [0.15, 0.2) is 60.7 Å². The van der Waals surface area contributed by atoms with Crippen molar-refractivity contribution in [2.75, 3.05) is 20.1 Å². The Hall–Kier alpha value is -2.47. The molecule has 4 rings (SSSR count). The molecule has 3 N–H and O–H groups in total. The molecular formula is C21H22N4S. The number of H-pyrrole nitrogens is 1. The van der Waals surface area contributed by atoms with Crippen molar-refractivity contribution in [3.63, 3.8) is 0 Å². The number of thiophene rings is 1. The zero-order valence-electron chi connectivity index (χ0n) is 14.8. The summed E-state index contributed by atoms with van der Waals surface area (Å²) in [7, 11) is 1.97. The first-order chi connectivity index (χ1) is 12.8. The van der Waals surface area contributed by atoms with Gasteiger partial charge < -0.3 is 15.6 Å². The van der Waals surface area contributed by atoms with Crippen molar-refractivity contribution < 1.29 is 0 Å². The molecule has 0 saturated heterocycles. The van der Waals surface area contributed by atoms with Crippen LogP contribution in [0.4, 0.5) is 0 Å². The number of nitrogens with one attached hydrogen (secondary N) is 3. The molecule has 0 spiro atoms. The molecule has 0 unspecified atom stereocenters. The summed E-state index contributed by atoms with van der Waals surface area (Å²) in [6.45, 7) is 2.86. The van der Waals surface area contributed by atoms with Gasteiger partial charge in [-0.25, -0.2) is 4.98 Å². The number of aromatic nitrogens is 2. The molecule has 2 heterocycles. The Morgan fingerprint density at radius 1 is 0.923 bits per heavy atom. The van der Waals surface area contributed by atoms with Crippen LogP contribution in [0.1, 0.15) is 5.56 Å². The van der Waals surface area contributed by atoms with Crippen molar-refractivity contribution in [3.05, 3.63) is 66.2 Å². The highest BCUT2D eigenvalue weighted by atomic mass is 32.1. The molecule has 0 aliphatic carbocycles. The number of likely N-dealkylation sites (N-methyl/N-ethyl adjacent to an activating group) is 1. The first kappa shape index (κ1) is 17.0. The lowest BCUT2D eigenvalue weighted by Gasteiger charge is -2.05. The van der Waals surface area contributed by atoms with Gasteiger partial charge in [0.1, 0.15) is 5.82 Å². The highest BCUT2D eigenvalue weighted by Gasteiger charge is 2.09. The Labute approximate surface area is 157 Å². The predicted octanol–water partition coefficient (Wildman–Crippen LogP) is 4.27. The maximum atomic E-state index is 4.69. The van der Waals surface area contributed by atoms with Gasteiger partial charge in [-0.05, 0) is 42.4 Å². The molecule has 2 aromatic heterocycles. The summed E-state index contributed by atoms with van der Waals surface area (Å²) in [4.78, 5) is 10.5. The smallest absolute Gasteiger partial charge is 0.148 e. The molecule has 0 amide bonds. The third-order valence-corrected chi connectivity index (χ3v) is 5.49. The minimum Gasteiger partial charge on any atom is -0.337 e. The van der Waals surface area contributed by atoms with Crippen molar-refractivity contribution in [2.24, 2.45) is 0 Å². The van der Waals surface area contributed by atoms with Gasteiger partial charge in [0.25, 0.3) is 0 Å². The lowest BCUT2D eigenvalue weighted by atomic mass is 10.1. The van der Waals surface area contributed by atoms with Crippen molar-refractivity contribution in [2.45, 2.75) is 6.54 Å². The molecular weight excluding hydrogens is 340 g/mol. The lowest BCUT2D eigenvalue weighted by molar-refractivity contribution is 0.651. The summed E-state index contributed by atoms with van der Waals surface area (Å²) in [5.74, 6) is 0.938. The zero-order chi connectivity index (χ0) is 17.8. The van der Waals surface area contributed by atoms with Gasteiger partial charge in [-0.3, -0.25) is 0 Å². The van der Waals surface area contributed by atoms with Gasteiger partial charge in [0.2, 0.25) is 0 Å². The second-order valence-electron chi connectivity index (χ2n) is 6.24. The van der Waals surface area contributed by atoms with Crippen LogP contribution in [0.2, 0.25) is 0 Å². The maximum Gasteiger partial charge on any atom is 0.148 e. The second kappa shape index (κ2) is 7.83. The monoisotopic (exact) mass is 362 g/mol. The Bertz CT molecular complexity index is 952. The first-order valence-corrected chi connectivity index (χ1v) is 9.65. The minimum atomic E-state index is 0.899. The van der Waals surface area contributed by atoms with E-state index in [-0.39, 0.29) is 0 Å². The highest BCUT2D eigenvalue weighted by molar-refractivity contribution is 7.18. The Balaban J connectivity index is 1.49. The fourth-order valence-corrected chi connectivity index (χ4v) is 3.88. The maximum absolute atomic E-state index is 4.69. The number of benzene rings is 2. The lowest BCUT2D eigenvalue weighted by Crippen LogP contribution is -2.24. The SMILES string of the molecule is CNCCNCc1ccc(-c2ccc(-c3nc4ccccc4[nH]3)s2)cc1. The molecule has 4 nitrogen and oxygen atoms in total. The van der Waals surface area contributed by atoms with Crippen LogP contribution in [0.5, 0.6) is 0 Å². The first-order valence-electron chi connectivity index (χ1n) is 8.83. The van der Waals surface area contributed by atoms with Crippen LogP contribution >= 0.6 is 11.3 Å². The average molecular weight is 363 g/mol. The number of hydrogen-bond acceptors (Lipinski definition) is 4. The minimum absolute atomic E-state index is 0.899. The Morgan fingerprint density at radius 2 is 1.73 bits per heavy atom. The molecule has 2 aromatic carbocycles. The van der Waals surface area contributed by atoms with E-state index in [9.17, 15) is 0 Å². The number of para-hydroxylation sites is 2. The predicted molar refractivity (Wildman–Crippen MR) is 110 cm³/mol. The van der Waals surface area contributed by atoms with Crippen molar-refractivity contribution in [1.29, 1.82) is 0 Å². The average Bonchev–Trinajstić information content (AvgIpc) is 3.32. The number of fused-ring (bicyclic) bond motifs is 1. The fourth-order valence-electron chi connectivity index (χ4n) is 2.92. The van der Waals surface area contributed by atoms with E-state index in [4.69, 9.17) is 4.98 Å². The van der Waals surface area contributed by atoms with E-state index in [2.05, 4.69) is 58.1 Å². The third kappa shape index (κ3) is 3.70. The normalized spacial score (nSPS) is 11.3. The third-order valence-electron chi connectivity index (χ3n) is 4.35. The summed E-state index contributed by atoms with van der Waals surface area (Å²) < 4.78 is 0. The van der Waals surface area contributed by atoms with Gasteiger partial charge in [0.15, 0.2) is 0 Å². The molecule has 0 saturated carbocycles. The van der Waals surface area contributed by atoms with E-state index in [0.29, 0.717) is 0 Å². The molecule has 0 aliphatic heterocycles. The van der Waals surface area contributed by atoms with Crippen LogP contribution in [-0.2, 0) is 6.54 Å². The molecule has 0 aliphatic rings. The zero-order valence-corrected chi connectivity index (χ0v) is 15.6. The van der Waals surface area contributed by atoms with Crippen LogP contribution in [0, 0.1) is 0 Å². The second-order valence-corrected chi connectivity index (χ2v) is 7.33. The number of aromatic amines is 1. The van der Waals surface area contributed by atoms with Crippen molar-refractivity contribution in [3.8, 4) is 21.1 Å². The molecule has 132 valence electrons. The number of imidazole rings is 1.